The number of ether oxygens (including phenoxy) is 1. The lowest BCUT2D eigenvalue weighted by atomic mass is 10.2. The van der Waals surface area contributed by atoms with Crippen molar-refractivity contribution in [1.82, 2.24) is 9.78 Å². The molecule has 1 amide bonds. The number of nitrogens with zero attached hydrogens (tertiary/aromatic N) is 2. The molecule has 1 N–H and O–H groups in total. The van der Waals surface area contributed by atoms with E-state index in [1.807, 2.05) is 29.9 Å². The molecule has 0 saturated heterocycles. The van der Waals surface area contributed by atoms with Crippen LogP contribution >= 0.6 is 0 Å². The zero-order chi connectivity index (χ0) is 14.1. The molecule has 0 fully saturated rings. The van der Waals surface area contributed by atoms with Crippen molar-refractivity contribution < 1.29 is 9.53 Å². The standard InChI is InChI=1S/C15H17N3O2/c1-18-13-8-4-7-12(13)14(17-18)15(19)16-10-5-3-6-11(9-10)20-2/h3,5-6,9H,4,7-8H2,1-2H3,(H,16,19). The van der Waals surface area contributed by atoms with Gasteiger partial charge < -0.3 is 10.1 Å². The second-order valence-corrected chi connectivity index (χ2v) is 4.94. The molecule has 1 heterocycles. The van der Waals surface area contributed by atoms with Crippen LogP contribution in [0.15, 0.2) is 24.3 Å². The number of methoxy groups -OCH3 is 1. The minimum Gasteiger partial charge on any atom is -0.497 e. The molecule has 1 aliphatic carbocycles. The Bertz CT molecular complexity index is 661. The van der Waals surface area contributed by atoms with Crippen molar-refractivity contribution in [3.05, 3.63) is 41.2 Å². The summed E-state index contributed by atoms with van der Waals surface area (Å²) in [4.78, 5) is 12.4. The van der Waals surface area contributed by atoms with Gasteiger partial charge in [0.2, 0.25) is 0 Å². The van der Waals surface area contributed by atoms with Crippen LogP contribution in [0.2, 0.25) is 0 Å². The summed E-state index contributed by atoms with van der Waals surface area (Å²) in [6.07, 6.45) is 3.04. The summed E-state index contributed by atoms with van der Waals surface area (Å²) < 4.78 is 6.97. The summed E-state index contributed by atoms with van der Waals surface area (Å²) in [5.41, 5.74) is 3.53. The highest BCUT2D eigenvalue weighted by Gasteiger charge is 2.25. The van der Waals surface area contributed by atoms with Crippen molar-refractivity contribution in [3.8, 4) is 5.75 Å². The minimum atomic E-state index is -0.156. The van der Waals surface area contributed by atoms with Crippen LogP contribution in [0.1, 0.15) is 28.2 Å². The number of amides is 1. The second kappa shape index (κ2) is 5.00. The second-order valence-electron chi connectivity index (χ2n) is 4.94. The third-order valence-electron chi connectivity index (χ3n) is 3.66. The highest BCUT2D eigenvalue weighted by atomic mass is 16.5. The van der Waals surface area contributed by atoms with Crippen molar-refractivity contribution in [3.63, 3.8) is 0 Å². The van der Waals surface area contributed by atoms with Gasteiger partial charge in [-0.3, -0.25) is 9.48 Å². The number of anilines is 1. The topological polar surface area (TPSA) is 56.1 Å². The molecule has 0 aliphatic heterocycles. The first-order valence-electron chi connectivity index (χ1n) is 6.69. The van der Waals surface area contributed by atoms with E-state index in [1.165, 1.54) is 5.69 Å². The largest absolute Gasteiger partial charge is 0.497 e. The molecule has 0 atom stereocenters. The van der Waals surface area contributed by atoms with Crippen LogP contribution in [-0.2, 0) is 19.9 Å². The third-order valence-corrected chi connectivity index (χ3v) is 3.66. The van der Waals surface area contributed by atoms with E-state index in [4.69, 9.17) is 4.74 Å². The zero-order valence-corrected chi connectivity index (χ0v) is 11.6. The molecular formula is C15H17N3O2. The van der Waals surface area contributed by atoms with E-state index in [-0.39, 0.29) is 5.91 Å². The number of nitrogens with one attached hydrogen (secondary N) is 1. The number of fused-ring (bicyclic) bond motifs is 1. The molecule has 1 aromatic heterocycles. The Morgan fingerprint density at radius 3 is 3.05 bits per heavy atom. The Labute approximate surface area is 117 Å². The van der Waals surface area contributed by atoms with Crippen LogP contribution in [0, 0.1) is 0 Å². The molecule has 0 saturated carbocycles. The van der Waals surface area contributed by atoms with Gasteiger partial charge in [0.15, 0.2) is 5.69 Å². The molecule has 20 heavy (non-hydrogen) atoms. The van der Waals surface area contributed by atoms with Crippen LogP contribution in [-0.4, -0.2) is 22.8 Å². The van der Waals surface area contributed by atoms with E-state index in [0.29, 0.717) is 17.1 Å². The van der Waals surface area contributed by atoms with Crippen molar-refractivity contribution in [2.75, 3.05) is 12.4 Å². The Kier molecular flexibility index (Phi) is 3.18. The number of benzene rings is 1. The van der Waals surface area contributed by atoms with Gasteiger partial charge in [0.05, 0.1) is 7.11 Å². The third kappa shape index (κ3) is 2.15. The van der Waals surface area contributed by atoms with Gasteiger partial charge in [0.25, 0.3) is 5.91 Å². The summed E-state index contributed by atoms with van der Waals surface area (Å²) in [6.45, 7) is 0. The fraction of sp³-hybridized carbons (Fsp3) is 0.333. The highest BCUT2D eigenvalue weighted by molar-refractivity contribution is 6.04. The summed E-state index contributed by atoms with van der Waals surface area (Å²) >= 11 is 0. The highest BCUT2D eigenvalue weighted by Crippen LogP contribution is 2.25. The lowest BCUT2D eigenvalue weighted by molar-refractivity contribution is 0.102. The van der Waals surface area contributed by atoms with Gasteiger partial charge >= 0.3 is 0 Å². The zero-order valence-electron chi connectivity index (χ0n) is 11.6. The molecular weight excluding hydrogens is 254 g/mol. The Morgan fingerprint density at radius 2 is 2.25 bits per heavy atom. The number of hydrogen-bond donors (Lipinski definition) is 1. The first-order chi connectivity index (χ1) is 9.69. The quantitative estimate of drug-likeness (QED) is 0.930. The van der Waals surface area contributed by atoms with E-state index in [2.05, 4.69) is 10.4 Å². The lowest BCUT2D eigenvalue weighted by Crippen LogP contribution is -2.14. The SMILES string of the molecule is COc1cccc(NC(=O)c2nn(C)c3c2CCC3)c1. The predicted octanol–water partition coefficient (Wildman–Crippen LogP) is 2.17. The maximum Gasteiger partial charge on any atom is 0.276 e. The first-order valence-corrected chi connectivity index (χ1v) is 6.69. The van der Waals surface area contributed by atoms with Crippen molar-refractivity contribution >= 4 is 11.6 Å². The van der Waals surface area contributed by atoms with E-state index in [9.17, 15) is 4.79 Å². The molecule has 5 heteroatoms. The van der Waals surface area contributed by atoms with Gasteiger partial charge in [-0.25, -0.2) is 0 Å². The average molecular weight is 271 g/mol. The number of aryl methyl sites for hydroxylation is 1. The van der Waals surface area contributed by atoms with Gasteiger partial charge in [0, 0.05) is 30.1 Å². The van der Waals surface area contributed by atoms with Crippen molar-refractivity contribution in [2.45, 2.75) is 19.3 Å². The Morgan fingerprint density at radius 1 is 1.40 bits per heavy atom. The molecule has 0 bridgehead atoms. The summed E-state index contributed by atoms with van der Waals surface area (Å²) in [5.74, 6) is 0.561. The molecule has 0 unspecified atom stereocenters. The average Bonchev–Trinajstić information content (AvgIpc) is 3.03. The van der Waals surface area contributed by atoms with Gasteiger partial charge in [-0.05, 0) is 31.4 Å². The molecule has 5 nitrogen and oxygen atoms in total. The van der Waals surface area contributed by atoms with Crippen LogP contribution < -0.4 is 10.1 Å². The number of rotatable bonds is 3. The van der Waals surface area contributed by atoms with Gasteiger partial charge in [0.1, 0.15) is 5.75 Å². The van der Waals surface area contributed by atoms with E-state index in [0.717, 1.165) is 24.8 Å². The monoisotopic (exact) mass is 271 g/mol. The molecule has 3 rings (SSSR count). The van der Waals surface area contributed by atoms with Gasteiger partial charge in [-0.15, -0.1) is 0 Å². The molecule has 2 aromatic rings. The fourth-order valence-electron chi connectivity index (χ4n) is 2.68. The summed E-state index contributed by atoms with van der Waals surface area (Å²) in [6, 6.07) is 7.32. The van der Waals surface area contributed by atoms with Crippen molar-refractivity contribution in [2.24, 2.45) is 7.05 Å². The number of hydrogen-bond acceptors (Lipinski definition) is 3. The van der Waals surface area contributed by atoms with Crippen LogP contribution in [0.3, 0.4) is 0 Å². The van der Waals surface area contributed by atoms with Crippen molar-refractivity contribution in [1.29, 1.82) is 0 Å². The van der Waals surface area contributed by atoms with E-state index < -0.39 is 0 Å². The Balaban J connectivity index is 1.85. The first kappa shape index (κ1) is 12.7. The predicted molar refractivity (Wildman–Crippen MR) is 76.2 cm³/mol. The number of carbonyl (C=O) groups is 1. The van der Waals surface area contributed by atoms with Gasteiger partial charge in [-0.2, -0.15) is 5.10 Å². The maximum absolute atomic E-state index is 12.4. The maximum atomic E-state index is 12.4. The summed E-state index contributed by atoms with van der Waals surface area (Å²) in [7, 11) is 3.50. The molecule has 0 spiro atoms. The Hall–Kier alpha value is -2.30. The number of aromatic nitrogens is 2. The lowest BCUT2D eigenvalue weighted by Gasteiger charge is -2.06. The molecule has 104 valence electrons. The van der Waals surface area contributed by atoms with Crippen LogP contribution in [0.5, 0.6) is 5.75 Å². The minimum absolute atomic E-state index is 0.156. The van der Waals surface area contributed by atoms with E-state index >= 15 is 0 Å². The summed E-state index contributed by atoms with van der Waals surface area (Å²) in [5, 5.41) is 7.23. The van der Waals surface area contributed by atoms with Crippen LogP contribution in [0.4, 0.5) is 5.69 Å². The van der Waals surface area contributed by atoms with E-state index in [1.54, 1.807) is 13.2 Å². The smallest absolute Gasteiger partial charge is 0.276 e. The van der Waals surface area contributed by atoms with Gasteiger partial charge in [-0.1, -0.05) is 6.07 Å². The molecule has 0 radical (unpaired) electrons. The molecule has 1 aromatic carbocycles. The number of carbonyl (C=O) groups excluding carboxylic acids is 1. The normalized spacial score (nSPS) is 13.1. The molecule has 1 aliphatic rings. The van der Waals surface area contributed by atoms with Crippen LogP contribution in [0.25, 0.3) is 0 Å². The fourth-order valence-corrected chi connectivity index (χ4v) is 2.68.